The van der Waals surface area contributed by atoms with Crippen LogP contribution in [0.5, 0.6) is 0 Å². The standard InChI is InChI=1S/C13H16BrF2N/c1-2-8-4-3-5-12(8)17-13-6-9(14)10(15)7-11(13)16/h6-8,12,17H,2-5H2,1H3. The van der Waals surface area contributed by atoms with Crippen LogP contribution in [0.3, 0.4) is 0 Å². The lowest BCUT2D eigenvalue weighted by molar-refractivity contribution is 0.486. The predicted molar refractivity (Wildman–Crippen MR) is 69.1 cm³/mol. The van der Waals surface area contributed by atoms with Gasteiger partial charge in [-0.1, -0.05) is 19.8 Å². The van der Waals surface area contributed by atoms with E-state index in [-0.39, 0.29) is 0 Å². The molecule has 1 saturated carbocycles. The van der Waals surface area contributed by atoms with E-state index in [1.807, 2.05) is 0 Å². The van der Waals surface area contributed by atoms with Gasteiger partial charge in [-0.2, -0.15) is 0 Å². The van der Waals surface area contributed by atoms with Crippen LogP contribution >= 0.6 is 15.9 Å². The number of hydrogen-bond acceptors (Lipinski definition) is 1. The zero-order chi connectivity index (χ0) is 12.4. The maximum Gasteiger partial charge on any atom is 0.149 e. The van der Waals surface area contributed by atoms with E-state index >= 15 is 0 Å². The van der Waals surface area contributed by atoms with Crippen LogP contribution in [0.15, 0.2) is 16.6 Å². The largest absolute Gasteiger partial charge is 0.380 e. The molecule has 0 heterocycles. The van der Waals surface area contributed by atoms with E-state index in [0.29, 0.717) is 22.1 Å². The van der Waals surface area contributed by atoms with Gasteiger partial charge in [-0.05, 0) is 40.8 Å². The molecular formula is C13H16BrF2N. The molecular weight excluding hydrogens is 288 g/mol. The van der Waals surface area contributed by atoms with Crippen molar-refractivity contribution < 1.29 is 8.78 Å². The first-order chi connectivity index (χ1) is 8.11. The molecule has 1 N–H and O–H groups in total. The van der Waals surface area contributed by atoms with Gasteiger partial charge in [-0.25, -0.2) is 8.78 Å². The lowest BCUT2D eigenvalue weighted by Crippen LogP contribution is -2.24. The Kier molecular flexibility index (Phi) is 4.02. The second-order valence-electron chi connectivity index (χ2n) is 4.60. The summed E-state index contributed by atoms with van der Waals surface area (Å²) in [6, 6.07) is 2.71. The summed E-state index contributed by atoms with van der Waals surface area (Å²) in [7, 11) is 0. The molecule has 94 valence electrons. The molecule has 0 aliphatic heterocycles. The number of halogens is 3. The van der Waals surface area contributed by atoms with Crippen molar-refractivity contribution in [3.05, 3.63) is 28.2 Å². The summed E-state index contributed by atoms with van der Waals surface area (Å²) in [6.45, 7) is 2.15. The van der Waals surface area contributed by atoms with Gasteiger partial charge >= 0.3 is 0 Å². The zero-order valence-electron chi connectivity index (χ0n) is 9.77. The summed E-state index contributed by atoms with van der Waals surface area (Å²) in [5.41, 5.74) is 0.392. The van der Waals surface area contributed by atoms with Gasteiger partial charge in [0.15, 0.2) is 0 Å². The van der Waals surface area contributed by atoms with Crippen LogP contribution in [0.1, 0.15) is 32.6 Å². The van der Waals surface area contributed by atoms with Crippen LogP contribution in [0, 0.1) is 17.6 Å². The van der Waals surface area contributed by atoms with E-state index in [1.54, 1.807) is 0 Å². The molecule has 0 amide bonds. The van der Waals surface area contributed by atoms with Gasteiger partial charge in [0.1, 0.15) is 11.6 Å². The van der Waals surface area contributed by atoms with Crippen LogP contribution < -0.4 is 5.32 Å². The molecule has 2 unspecified atom stereocenters. The average molecular weight is 304 g/mol. The van der Waals surface area contributed by atoms with Gasteiger partial charge in [0.2, 0.25) is 0 Å². The van der Waals surface area contributed by atoms with E-state index in [2.05, 4.69) is 28.2 Å². The molecule has 1 aromatic rings. The third-order valence-corrected chi connectivity index (χ3v) is 4.14. The van der Waals surface area contributed by atoms with Gasteiger partial charge in [0, 0.05) is 12.1 Å². The minimum atomic E-state index is -0.563. The zero-order valence-corrected chi connectivity index (χ0v) is 11.4. The molecule has 1 fully saturated rings. The molecule has 4 heteroatoms. The van der Waals surface area contributed by atoms with Crippen LogP contribution in [-0.4, -0.2) is 6.04 Å². The Balaban J connectivity index is 2.15. The molecule has 1 aromatic carbocycles. The fourth-order valence-electron chi connectivity index (χ4n) is 2.55. The van der Waals surface area contributed by atoms with E-state index in [4.69, 9.17) is 0 Å². The first kappa shape index (κ1) is 12.8. The van der Waals surface area contributed by atoms with Gasteiger partial charge in [0.25, 0.3) is 0 Å². The topological polar surface area (TPSA) is 12.0 Å². The van der Waals surface area contributed by atoms with Crippen LogP contribution in [-0.2, 0) is 0 Å². The summed E-state index contributed by atoms with van der Waals surface area (Å²) in [5, 5.41) is 3.21. The normalized spacial score (nSPS) is 24.0. The van der Waals surface area contributed by atoms with E-state index in [1.165, 1.54) is 18.9 Å². The van der Waals surface area contributed by atoms with Crippen molar-refractivity contribution in [2.24, 2.45) is 5.92 Å². The van der Waals surface area contributed by atoms with Crippen molar-refractivity contribution in [2.75, 3.05) is 5.32 Å². The lowest BCUT2D eigenvalue weighted by atomic mass is 10.0. The second-order valence-corrected chi connectivity index (χ2v) is 5.45. The highest BCUT2D eigenvalue weighted by atomic mass is 79.9. The SMILES string of the molecule is CCC1CCCC1Nc1cc(Br)c(F)cc1F. The minimum absolute atomic E-state index is 0.299. The third kappa shape index (κ3) is 2.79. The first-order valence-corrected chi connectivity index (χ1v) is 6.82. The first-order valence-electron chi connectivity index (χ1n) is 6.03. The lowest BCUT2D eigenvalue weighted by Gasteiger charge is -2.21. The minimum Gasteiger partial charge on any atom is -0.380 e. The maximum absolute atomic E-state index is 13.6. The molecule has 2 atom stereocenters. The van der Waals surface area contributed by atoms with E-state index in [0.717, 1.165) is 18.9 Å². The Morgan fingerprint density at radius 1 is 1.29 bits per heavy atom. The molecule has 1 aliphatic carbocycles. The summed E-state index contributed by atoms with van der Waals surface area (Å²) in [5.74, 6) is -0.489. The molecule has 0 bridgehead atoms. The van der Waals surface area contributed by atoms with Gasteiger partial charge in [0.05, 0.1) is 10.2 Å². The molecule has 1 aliphatic rings. The second kappa shape index (κ2) is 5.34. The quantitative estimate of drug-likeness (QED) is 0.797. The van der Waals surface area contributed by atoms with Crippen molar-refractivity contribution in [2.45, 2.75) is 38.6 Å². The summed E-state index contributed by atoms with van der Waals surface area (Å²) in [6.07, 6.45) is 4.53. The highest BCUT2D eigenvalue weighted by Crippen LogP contribution is 2.32. The molecule has 0 radical (unpaired) electrons. The van der Waals surface area contributed by atoms with E-state index < -0.39 is 11.6 Å². The molecule has 0 spiro atoms. The monoisotopic (exact) mass is 303 g/mol. The van der Waals surface area contributed by atoms with E-state index in [9.17, 15) is 8.78 Å². The Labute approximate surface area is 109 Å². The fraction of sp³-hybridized carbons (Fsp3) is 0.538. The Bertz CT molecular complexity index is 409. The maximum atomic E-state index is 13.6. The smallest absolute Gasteiger partial charge is 0.149 e. The Hall–Kier alpha value is -0.640. The van der Waals surface area contributed by atoms with Crippen LogP contribution in [0.25, 0.3) is 0 Å². The van der Waals surface area contributed by atoms with Crippen LogP contribution in [0.2, 0.25) is 0 Å². The highest BCUT2D eigenvalue weighted by molar-refractivity contribution is 9.10. The van der Waals surface area contributed by atoms with Crippen molar-refractivity contribution in [3.63, 3.8) is 0 Å². The molecule has 0 aromatic heterocycles. The predicted octanol–water partition coefficient (Wildman–Crippen LogP) is 4.72. The van der Waals surface area contributed by atoms with Crippen molar-refractivity contribution >= 4 is 21.6 Å². The average Bonchev–Trinajstić information content (AvgIpc) is 2.73. The van der Waals surface area contributed by atoms with Crippen molar-refractivity contribution in [1.82, 2.24) is 0 Å². The van der Waals surface area contributed by atoms with Gasteiger partial charge < -0.3 is 5.32 Å². The summed E-state index contributed by atoms with van der Waals surface area (Å²) < 4.78 is 27.0. The number of anilines is 1. The molecule has 0 saturated heterocycles. The summed E-state index contributed by atoms with van der Waals surface area (Å²) in [4.78, 5) is 0. The highest BCUT2D eigenvalue weighted by Gasteiger charge is 2.26. The molecule has 1 nitrogen and oxygen atoms in total. The Morgan fingerprint density at radius 2 is 2.06 bits per heavy atom. The molecule has 17 heavy (non-hydrogen) atoms. The van der Waals surface area contributed by atoms with Crippen molar-refractivity contribution in [3.8, 4) is 0 Å². The van der Waals surface area contributed by atoms with Crippen LogP contribution in [0.4, 0.5) is 14.5 Å². The number of benzene rings is 1. The summed E-state index contributed by atoms with van der Waals surface area (Å²) >= 11 is 3.08. The fourth-order valence-corrected chi connectivity index (χ4v) is 2.89. The van der Waals surface area contributed by atoms with Gasteiger partial charge in [-0.15, -0.1) is 0 Å². The Morgan fingerprint density at radius 3 is 2.76 bits per heavy atom. The number of rotatable bonds is 3. The molecule has 2 rings (SSSR count). The van der Waals surface area contributed by atoms with Crippen molar-refractivity contribution in [1.29, 1.82) is 0 Å². The number of hydrogen-bond donors (Lipinski definition) is 1. The van der Waals surface area contributed by atoms with Gasteiger partial charge in [-0.3, -0.25) is 0 Å². The third-order valence-electron chi connectivity index (χ3n) is 3.53. The number of nitrogens with one attached hydrogen (secondary N) is 1.